The zero-order chi connectivity index (χ0) is 23.4. The van der Waals surface area contributed by atoms with E-state index in [1.54, 1.807) is 5.57 Å². The zero-order valence-corrected chi connectivity index (χ0v) is 21.3. The fourth-order valence-electron chi connectivity index (χ4n) is 9.33. The number of carbonyl (C=O) groups excluding carboxylic acids is 1. The van der Waals surface area contributed by atoms with Gasteiger partial charge < -0.3 is 5.11 Å². The second-order valence-corrected chi connectivity index (χ2v) is 13.1. The third-order valence-electron chi connectivity index (χ3n) is 11.2. The molecule has 0 aromatic heterocycles. The molecule has 2 saturated carbocycles. The van der Waals surface area contributed by atoms with E-state index in [0.717, 1.165) is 32.1 Å². The summed E-state index contributed by atoms with van der Waals surface area (Å²) in [4.78, 5) is 14.1. The van der Waals surface area contributed by atoms with Crippen LogP contribution in [0.2, 0.25) is 0 Å². The molecule has 5 rings (SSSR count). The van der Waals surface area contributed by atoms with Crippen molar-refractivity contribution in [2.24, 2.45) is 39.4 Å². The van der Waals surface area contributed by atoms with Crippen molar-refractivity contribution in [3.8, 4) is 0 Å². The molecule has 174 valence electrons. The van der Waals surface area contributed by atoms with Crippen molar-refractivity contribution in [2.75, 3.05) is 0 Å². The van der Waals surface area contributed by atoms with Gasteiger partial charge in [0.1, 0.15) is 5.78 Å². The number of hydrogen-bond donors (Lipinski definition) is 1. The molecule has 2 unspecified atom stereocenters. The lowest BCUT2D eigenvalue weighted by Gasteiger charge is -2.63. The van der Waals surface area contributed by atoms with Gasteiger partial charge in [-0.2, -0.15) is 0 Å². The fraction of sp³-hybridized carbons (Fsp3) is 0.700. The standard InChI is InChI=1S/C30H42O2/c1-17(2)19-10-9-18(3)25-20(19)15-29(7)21-11-12-23-27(4,5)24(32)13-14-28(23,6)26(21)22(31)16-30(25,29)8/h9,12,19,21,24,26,32H,1,10-11,13-16H2,2-8H3/t19?,21-,24?,26-,28+,29+,30-/m1/s1. The highest BCUT2D eigenvalue weighted by Gasteiger charge is 2.68. The molecular weight excluding hydrogens is 392 g/mol. The average Bonchev–Trinajstić information content (AvgIpc) is 2.93. The van der Waals surface area contributed by atoms with Crippen LogP contribution in [0.1, 0.15) is 87.0 Å². The molecule has 32 heavy (non-hydrogen) atoms. The van der Waals surface area contributed by atoms with E-state index in [1.165, 1.54) is 22.3 Å². The minimum atomic E-state index is -0.317. The number of carbonyl (C=O) groups is 1. The summed E-state index contributed by atoms with van der Waals surface area (Å²) >= 11 is 0. The predicted molar refractivity (Wildman–Crippen MR) is 131 cm³/mol. The molecule has 5 aliphatic rings. The van der Waals surface area contributed by atoms with Gasteiger partial charge >= 0.3 is 0 Å². The molecule has 0 spiro atoms. The van der Waals surface area contributed by atoms with Crippen LogP contribution in [0, 0.1) is 39.4 Å². The van der Waals surface area contributed by atoms with Gasteiger partial charge in [-0.25, -0.2) is 0 Å². The molecule has 0 aromatic carbocycles. The molecular formula is C30H42O2. The van der Waals surface area contributed by atoms with E-state index in [2.05, 4.69) is 67.2 Å². The Balaban J connectivity index is 1.65. The molecule has 0 bridgehead atoms. The van der Waals surface area contributed by atoms with Crippen molar-refractivity contribution in [1.29, 1.82) is 0 Å². The first-order valence-electron chi connectivity index (χ1n) is 12.8. The summed E-state index contributed by atoms with van der Waals surface area (Å²) in [6.07, 6.45) is 10.0. The molecule has 0 aromatic rings. The summed E-state index contributed by atoms with van der Waals surface area (Å²) in [5.74, 6) is 1.32. The summed E-state index contributed by atoms with van der Waals surface area (Å²) in [6, 6.07) is 0. The van der Waals surface area contributed by atoms with Crippen molar-refractivity contribution in [3.05, 3.63) is 46.6 Å². The van der Waals surface area contributed by atoms with E-state index in [0.29, 0.717) is 24.0 Å². The molecule has 2 heteroatoms. The van der Waals surface area contributed by atoms with Crippen LogP contribution in [0.5, 0.6) is 0 Å². The molecule has 0 aliphatic heterocycles. The molecule has 0 heterocycles. The van der Waals surface area contributed by atoms with Gasteiger partial charge in [0.2, 0.25) is 0 Å². The van der Waals surface area contributed by atoms with E-state index >= 15 is 0 Å². The Morgan fingerprint density at radius 1 is 1.09 bits per heavy atom. The quantitative estimate of drug-likeness (QED) is 0.453. The third kappa shape index (κ3) is 2.48. The van der Waals surface area contributed by atoms with Crippen molar-refractivity contribution in [1.82, 2.24) is 0 Å². The van der Waals surface area contributed by atoms with Crippen LogP contribution in [0.4, 0.5) is 0 Å². The van der Waals surface area contributed by atoms with Gasteiger partial charge in [0.15, 0.2) is 0 Å². The van der Waals surface area contributed by atoms with E-state index < -0.39 is 0 Å². The van der Waals surface area contributed by atoms with Crippen LogP contribution >= 0.6 is 0 Å². The molecule has 0 radical (unpaired) electrons. The summed E-state index contributed by atoms with van der Waals surface area (Å²) in [5, 5.41) is 10.8. The number of allylic oxidation sites excluding steroid dienone is 6. The SMILES string of the molecule is C=C(C)C1CC=C(C)C2=C1C[C@@]1(C)[C@@H]3CC=C4C(C)(C)C(O)CC[C@]4(C)[C@H]3C(=O)C[C@]21C. The molecule has 0 saturated heterocycles. The molecule has 0 amide bonds. The molecule has 5 aliphatic carbocycles. The highest BCUT2D eigenvalue weighted by molar-refractivity contribution is 5.86. The Morgan fingerprint density at radius 2 is 1.78 bits per heavy atom. The van der Waals surface area contributed by atoms with Crippen LogP contribution in [-0.4, -0.2) is 17.0 Å². The Kier molecular flexibility index (Phi) is 4.61. The van der Waals surface area contributed by atoms with Gasteiger partial charge in [0.25, 0.3) is 0 Å². The van der Waals surface area contributed by atoms with Crippen LogP contribution in [0.3, 0.4) is 0 Å². The summed E-state index contributed by atoms with van der Waals surface area (Å²) in [5.41, 5.74) is 6.67. The minimum absolute atomic E-state index is 0.0706. The predicted octanol–water partition coefficient (Wildman–Crippen LogP) is 6.96. The molecule has 7 atom stereocenters. The van der Waals surface area contributed by atoms with Crippen LogP contribution < -0.4 is 0 Å². The Hall–Kier alpha value is -1.41. The van der Waals surface area contributed by atoms with Crippen LogP contribution in [0.25, 0.3) is 0 Å². The smallest absolute Gasteiger partial charge is 0.138 e. The molecule has 1 N–H and O–H groups in total. The van der Waals surface area contributed by atoms with Crippen molar-refractivity contribution >= 4 is 5.78 Å². The van der Waals surface area contributed by atoms with Gasteiger partial charge in [-0.3, -0.25) is 4.79 Å². The number of ketones is 1. The van der Waals surface area contributed by atoms with Gasteiger partial charge in [-0.15, -0.1) is 0 Å². The minimum Gasteiger partial charge on any atom is -0.392 e. The summed E-state index contributed by atoms with van der Waals surface area (Å²) in [7, 11) is 0. The lowest BCUT2D eigenvalue weighted by molar-refractivity contribution is -0.153. The molecule has 2 nitrogen and oxygen atoms in total. The highest BCUT2D eigenvalue weighted by atomic mass is 16.3. The summed E-state index contributed by atoms with van der Waals surface area (Å²) < 4.78 is 0. The van der Waals surface area contributed by atoms with E-state index in [1.807, 2.05) is 0 Å². The van der Waals surface area contributed by atoms with E-state index in [4.69, 9.17) is 0 Å². The second-order valence-electron chi connectivity index (χ2n) is 13.1. The van der Waals surface area contributed by atoms with Crippen LogP contribution in [0.15, 0.2) is 46.6 Å². The van der Waals surface area contributed by atoms with Gasteiger partial charge in [0.05, 0.1) is 6.10 Å². The number of hydrogen-bond acceptors (Lipinski definition) is 2. The number of aliphatic hydroxyl groups excluding tert-OH is 1. The normalized spacial score (nSPS) is 47.1. The van der Waals surface area contributed by atoms with Gasteiger partial charge in [-0.1, -0.05) is 75.6 Å². The average molecular weight is 435 g/mol. The number of fused-ring (bicyclic) bond motifs is 6. The monoisotopic (exact) mass is 434 g/mol. The van der Waals surface area contributed by atoms with Crippen LogP contribution in [-0.2, 0) is 4.79 Å². The Labute approximate surface area is 194 Å². The van der Waals surface area contributed by atoms with Gasteiger partial charge in [0, 0.05) is 29.1 Å². The maximum atomic E-state index is 14.1. The zero-order valence-electron chi connectivity index (χ0n) is 21.3. The Bertz CT molecular complexity index is 1010. The molecule has 2 fully saturated rings. The second kappa shape index (κ2) is 6.59. The summed E-state index contributed by atoms with van der Waals surface area (Å²) in [6.45, 7) is 20.4. The largest absolute Gasteiger partial charge is 0.392 e. The number of Topliss-reactive ketones (excluding diaryl/α,β-unsaturated/α-hetero) is 1. The topological polar surface area (TPSA) is 37.3 Å². The fourth-order valence-corrected chi connectivity index (χ4v) is 9.33. The van der Waals surface area contributed by atoms with Gasteiger partial charge in [-0.05, 0) is 68.3 Å². The third-order valence-corrected chi connectivity index (χ3v) is 11.2. The lowest BCUT2D eigenvalue weighted by atomic mass is 9.40. The van der Waals surface area contributed by atoms with E-state index in [-0.39, 0.29) is 33.7 Å². The first kappa shape index (κ1) is 22.4. The Morgan fingerprint density at radius 3 is 2.44 bits per heavy atom. The van der Waals surface area contributed by atoms with Crippen molar-refractivity contribution < 1.29 is 9.90 Å². The number of aliphatic hydroxyl groups is 1. The lowest BCUT2D eigenvalue weighted by Crippen LogP contribution is -2.60. The maximum Gasteiger partial charge on any atom is 0.138 e. The first-order valence-corrected chi connectivity index (χ1v) is 12.8. The van der Waals surface area contributed by atoms with Crippen molar-refractivity contribution in [3.63, 3.8) is 0 Å². The van der Waals surface area contributed by atoms with E-state index in [9.17, 15) is 9.90 Å². The highest BCUT2D eigenvalue weighted by Crippen LogP contribution is 2.73. The number of rotatable bonds is 1. The first-order chi connectivity index (χ1) is 14.8. The van der Waals surface area contributed by atoms with Crippen molar-refractivity contribution in [2.45, 2.75) is 93.1 Å². The maximum absolute atomic E-state index is 14.1.